The summed E-state index contributed by atoms with van der Waals surface area (Å²) in [7, 11) is 0. The molecule has 2 N–H and O–H groups in total. The number of hydrogen-bond donors (Lipinski definition) is 2. The monoisotopic (exact) mass is 406 g/mol. The molecule has 0 bridgehead atoms. The third-order valence-corrected chi connectivity index (χ3v) is 5.33. The Balaban J connectivity index is 1.49. The van der Waals surface area contributed by atoms with Crippen molar-refractivity contribution >= 4 is 28.8 Å². The number of nitrogens with one attached hydrogen (secondary N) is 2. The molecular weight excluding hydrogens is 384 g/mol. The minimum Gasteiger partial charge on any atom is -0.377 e. The molecule has 152 valence electrons. The lowest BCUT2D eigenvalue weighted by atomic mass is 10.1. The third-order valence-electron chi connectivity index (χ3n) is 5.33. The van der Waals surface area contributed by atoms with Crippen LogP contribution in [0, 0.1) is 0 Å². The highest BCUT2D eigenvalue weighted by molar-refractivity contribution is 6.10. The zero-order valence-corrected chi connectivity index (χ0v) is 17.0. The molecule has 4 aromatic rings. The molecule has 1 aromatic heterocycles. The Bertz CT molecular complexity index is 1240. The zero-order chi connectivity index (χ0) is 21.0. The molecule has 5 heteroatoms. The number of para-hydroxylation sites is 1. The molecule has 1 aliphatic heterocycles. The highest BCUT2D eigenvalue weighted by Crippen LogP contribution is 2.26. The first-order chi connectivity index (χ1) is 15.3. The van der Waals surface area contributed by atoms with E-state index in [1.54, 1.807) is 11.2 Å². The summed E-state index contributed by atoms with van der Waals surface area (Å²) < 4.78 is 0. The summed E-state index contributed by atoms with van der Waals surface area (Å²) >= 11 is 0. The Morgan fingerprint density at radius 3 is 2.29 bits per heavy atom. The van der Waals surface area contributed by atoms with Gasteiger partial charge in [-0.1, -0.05) is 78.9 Å². The Morgan fingerprint density at radius 1 is 0.871 bits per heavy atom. The maximum Gasteiger partial charge on any atom is 0.280 e. The summed E-state index contributed by atoms with van der Waals surface area (Å²) in [4.78, 5) is 22.8. The number of aromatic nitrogens is 1. The second-order valence-electron chi connectivity index (χ2n) is 7.50. The molecular formula is C26H22N4O. The van der Waals surface area contributed by atoms with Gasteiger partial charge < -0.3 is 10.3 Å². The fraction of sp³-hybridized carbons (Fsp3) is 0.0769. The molecule has 0 radical (unpaired) electrons. The number of H-pyrrole nitrogens is 1. The van der Waals surface area contributed by atoms with E-state index in [0.717, 1.165) is 27.7 Å². The number of amides is 1. The summed E-state index contributed by atoms with van der Waals surface area (Å²) in [6.07, 6.45) is 1.62. The lowest BCUT2D eigenvalue weighted by Gasteiger charge is -2.15. The largest absolute Gasteiger partial charge is 0.377 e. The normalized spacial score (nSPS) is 15.0. The van der Waals surface area contributed by atoms with Crippen molar-refractivity contribution in [3.8, 4) is 0 Å². The number of fused-ring (bicyclic) bond motifs is 1. The number of benzene rings is 3. The number of carbonyl (C=O) groups excluding carboxylic acids is 1. The molecule has 0 fully saturated rings. The highest BCUT2D eigenvalue weighted by Gasteiger charge is 2.27. The van der Waals surface area contributed by atoms with Crippen LogP contribution >= 0.6 is 0 Å². The van der Waals surface area contributed by atoms with Crippen LogP contribution in [0.3, 0.4) is 0 Å². The van der Waals surface area contributed by atoms with Gasteiger partial charge in [0.05, 0.1) is 24.3 Å². The molecule has 0 spiro atoms. The van der Waals surface area contributed by atoms with Crippen molar-refractivity contribution in [3.63, 3.8) is 0 Å². The molecule has 1 aliphatic rings. The molecule has 5 rings (SSSR count). The van der Waals surface area contributed by atoms with Crippen LogP contribution in [0.2, 0.25) is 0 Å². The van der Waals surface area contributed by atoms with Crippen molar-refractivity contribution in [3.05, 3.63) is 114 Å². The Morgan fingerprint density at radius 2 is 1.55 bits per heavy atom. The van der Waals surface area contributed by atoms with Gasteiger partial charge in [0.15, 0.2) is 5.70 Å². The van der Waals surface area contributed by atoms with Crippen molar-refractivity contribution < 1.29 is 4.79 Å². The molecule has 2 heterocycles. The van der Waals surface area contributed by atoms with E-state index in [-0.39, 0.29) is 5.91 Å². The van der Waals surface area contributed by atoms with E-state index in [4.69, 9.17) is 0 Å². The molecule has 0 saturated heterocycles. The van der Waals surface area contributed by atoms with Gasteiger partial charge in [-0.2, -0.15) is 0 Å². The summed E-state index contributed by atoms with van der Waals surface area (Å²) in [5.74, 6) is -0.113. The van der Waals surface area contributed by atoms with Crippen molar-refractivity contribution in [1.29, 1.82) is 0 Å². The van der Waals surface area contributed by atoms with Crippen LogP contribution in [-0.2, 0) is 17.9 Å². The topological polar surface area (TPSA) is 60.5 Å². The second-order valence-corrected chi connectivity index (χ2v) is 7.50. The van der Waals surface area contributed by atoms with Gasteiger partial charge >= 0.3 is 0 Å². The first kappa shape index (κ1) is 18.9. The number of rotatable bonds is 6. The Hall–Kier alpha value is -4.12. The van der Waals surface area contributed by atoms with Gasteiger partial charge in [0.25, 0.3) is 5.91 Å². The average Bonchev–Trinajstić information content (AvgIpc) is 3.40. The van der Waals surface area contributed by atoms with Crippen LogP contribution < -0.4 is 5.32 Å². The van der Waals surface area contributed by atoms with Gasteiger partial charge in [0, 0.05) is 17.4 Å². The van der Waals surface area contributed by atoms with Gasteiger partial charge in [-0.15, -0.1) is 0 Å². The van der Waals surface area contributed by atoms with E-state index < -0.39 is 0 Å². The van der Waals surface area contributed by atoms with Gasteiger partial charge in [-0.25, -0.2) is 4.99 Å². The minimum atomic E-state index is -0.113. The fourth-order valence-corrected chi connectivity index (χ4v) is 3.74. The molecule has 31 heavy (non-hydrogen) atoms. The quantitative estimate of drug-likeness (QED) is 0.456. The van der Waals surface area contributed by atoms with Gasteiger partial charge in [-0.3, -0.25) is 9.69 Å². The number of hydrogen-bond acceptors (Lipinski definition) is 3. The number of aliphatic imine (C=N–C) groups is 1. The number of aromatic amines is 1. The molecule has 0 atom stereocenters. The van der Waals surface area contributed by atoms with Crippen molar-refractivity contribution in [2.45, 2.75) is 13.1 Å². The predicted octanol–water partition coefficient (Wildman–Crippen LogP) is 4.70. The van der Waals surface area contributed by atoms with Crippen molar-refractivity contribution in [1.82, 2.24) is 15.2 Å². The van der Waals surface area contributed by atoms with Crippen molar-refractivity contribution in [2.75, 3.05) is 0 Å². The molecule has 0 saturated carbocycles. The third kappa shape index (κ3) is 3.98. The molecule has 3 aromatic carbocycles. The fourth-order valence-electron chi connectivity index (χ4n) is 3.74. The smallest absolute Gasteiger partial charge is 0.280 e. The van der Waals surface area contributed by atoms with E-state index >= 15 is 0 Å². The summed E-state index contributed by atoms with van der Waals surface area (Å²) in [5.41, 5.74) is 5.18. The molecule has 0 unspecified atom stereocenters. The van der Waals surface area contributed by atoms with Crippen molar-refractivity contribution in [2.24, 2.45) is 4.99 Å². The first-order valence-electron chi connectivity index (χ1n) is 10.3. The van der Waals surface area contributed by atoms with Crippen LogP contribution in [0.25, 0.3) is 16.6 Å². The lowest BCUT2D eigenvalue weighted by Crippen LogP contribution is -2.26. The average molecular weight is 406 g/mol. The van der Waals surface area contributed by atoms with Gasteiger partial charge in [0.1, 0.15) is 0 Å². The Labute approximate surface area is 180 Å². The predicted molar refractivity (Wildman–Crippen MR) is 124 cm³/mol. The maximum absolute atomic E-state index is 13.2. The van der Waals surface area contributed by atoms with Crippen LogP contribution in [0.5, 0.6) is 0 Å². The first-order valence-corrected chi connectivity index (χ1v) is 10.3. The van der Waals surface area contributed by atoms with Crippen LogP contribution in [0.1, 0.15) is 16.8 Å². The van der Waals surface area contributed by atoms with Crippen LogP contribution in [0.4, 0.5) is 0 Å². The van der Waals surface area contributed by atoms with Gasteiger partial charge in [-0.05, 0) is 23.3 Å². The standard InChI is InChI=1S/C26H22N4O/c31-26-25(28-18-30(26)17-20-11-5-2-6-12-20)24(27-16-19-9-3-1-4-10-19)23-15-21-13-7-8-14-22(21)29-23/h1-15,18,27,29H,16-17H2/b25-24+. The lowest BCUT2D eigenvalue weighted by molar-refractivity contribution is -0.122. The summed E-state index contributed by atoms with van der Waals surface area (Å²) in [6.45, 7) is 1.09. The van der Waals surface area contributed by atoms with E-state index in [0.29, 0.717) is 24.5 Å². The molecule has 5 nitrogen and oxygen atoms in total. The zero-order valence-electron chi connectivity index (χ0n) is 17.0. The SMILES string of the molecule is O=C1/C(=C(\NCc2ccccc2)c2cc3ccccc3[nH]2)N=CN1Cc1ccccc1. The summed E-state index contributed by atoms with van der Waals surface area (Å²) in [6, 6.07) is 30.2. The van der Waals surface area contributed by atoms with E-state index in [9.17, 15) is 4.79 Å². The highest BCUT2D eigenvalue weighted by atomic mass is 16.2. The molecule has 0 aliphatic carbocycles. The number of nitrogens with zero attached hydrogens (tertiary/aromatic N) is 2. The minimum absolute atomic E-state index is 0.113. The maximum atomic E-state index is 13.2. The van der Waals surface area contributed by atoms with E-state index in [2.05, 4.69) is 39.6 Å². The van der Waals surface area contributed by atoms with E-state index in [1.165, 1.54) is 0 Å². The summed E-state index contributed by atoms with van der Waals surface area (Å²) in [5, 5.41) is 4.55. The molecule has 1 amide bonds. The van der Waals surface area contributed by atoms with Crippen LogP contribution in [0.15, 0.2) is 102 Å². The Kier molecular flexibility index (Phi) is 5.07. The van der Waals surface area contributed by atoms with Crippen LogP contribution in [-0.4, -0.2) is 22.1 Å². The van der Waals surface area contributed by atoms with E-state index in [1.807, 2.05) is 66.7 Å². The number of carbonyl (C=O) groups is 1. The second kappa shape index (κ2) is 8.32. The van der Waals surface area contributed by atoms with Gasteiger partial charge in [0.2, 0.25) is 0 Å².